The van der Waals surface area contributed by atoms with Crippen molar-refractivity contribution in [3.05, 3.63) is 64.4 Å². The highest BCUT2D eigenvalue weighted by Crippen LogP contribution is 2.24. The summed E-state index contributed by atoms with van der Waals surface area (Å²) in [7, 11) is 0. The molecule has 0 fully saturated rings. The highest BCUT2D eigenvalue weighted by Gasteiger charge is 2.13. The average molecular weight is 384 g/mol. The third-order valence-corrected chi connectivity index (χ3v) is 5.84. The number of thioether (sulfide) groups is 1. The van der Waals surface area contributed by atoms with E-state index >= 15 is 0 Å². The Morgan fingerprint density at radius 2 is 2.12 bits per heavy atom. The molecule has 1 aromatic carbocycles. The van der Waals surface area contributed by atoms with Crippen molar-refractivity contribution in [1.29, 1.82) is 0 Å². The lowest BCUT2D eigenvalue weighted by molar-refractivity contribution is 0.391. The maximum Gasteiger partial charge on any atom is 0.237 e. The number of rotatable bonds is 7. The van der Waals surface area contributed by atoms with Crippen molar-refractivity contribution >= 4 is 23.1 Å². The summed E-state index contributed by atoms with van der Waals surface area (Å²) in [6, 6.07) is 12.2. The zero-order valence-electron chi connectivity index (χ0n) is 14.2. The van der Waals surface area contributed by atoms with Gasteiger partial charge in [0, 0.05) is 17.0 Å². The number of aromatic nitrogens is 5. The molecule has 0 aliphatic rings. The molecule has 3 heterocycles. The Morgan fingerprint density at radius 1 is 1.19 bits per heavy atom. The quantitative estimate of drug-likeness (QED) is 0.445. The lowest BCUT2D eigenvalue weighted by Crippen LogP contribution is -2.01. The largest absolute Gasteiger partial charge is 0.338 e. The zero-order valence-corrected chi connectivity index (χ0v) is 15.8. The van der Waals surface area contributed by atoms with E-state index in [1.54, 1.807) is 29.4 Å². The fourth-order valence-electron chi connectivity index (χ4n) is 2.57. The third kappa shape index (κ3) is 3.86. The first kappa shape index (κ1) is 17.0. The Hall–Kier alpha value is -2.45. The average Bonchev–Trinajstić information content (AvgIpc) is 3.40. The summed E-state index contributed by atoms with van der Waals surface area (Å²) in [5.41, 5.74) is 2.12. The molecular formula is C18H17N5OS2. The van der Waals surface area contributed by atoms with E-state index in [0.29, 0.717) is 17.5 Å². The molecule has 0 spiro atoms. The van der Waals surface area contributed by atoms with Crippen LogP contribution in [0, 0.1) is 6.92 Å². The fraction of sp³-hybridized carbons (Fsp3) is 0.222. The van der Waals surface area contributed by atoms with E-state index in [0.717, 1.165) is 29.2 Å². The number of hydrogen-bond donors (Lipinski definition) is 0. The van der Waals surface area contributed by atoms with Crippen molar-refractivity contribution in [2.75, 3.05) is 0 Å². The van der Waals surface area contributed by atoms with Crippen LogP contribution >= 0.6 is 23.1 Å². The van der Waals surface area contributed by atoms with Gasteiger partial charge in [-0.25, -0.2) is 0 Å². The van der Waals surface area contributed by atoms with Gasteiger partial charge in [0.05, 0.1) is 5.75 Å². The van der Waals surface area contributed by atoms with Gasteiger partial charge in [-0.05, 0) is 30.4 Å². The van der Waals surface area contributed by atoms with Gasteiger partial charge in [-0.3, -0.25) is 0 Å². The molecule has 0 saturated heterocycles. The molecule has 3 aromatic heterocycles. The Balaban J connectivity index is 1.39. The lowest BCUT2D eigenvalue weighted by Gasteiger charge is -2.03. The van der Waals surface area contributed by atoms with E-state index in [9.17, 15) is 0 Å². The summed E-state index contributed by atoms with van der Waals surface area (Å²) in [5, 5.41) is 15.3. The maximum absolute atomic E-state index is 5.39. The van der Waals surface area contributed by atoms with E-state index in [1.807, 2.05) is 31.2 Å². The van der Waals surface area contributed by atoms with E-state index in [4.69, 9.17) is 4.52 Å². The van der Waals surface area contributed by atoms with Crippen molar-refractivity contribution in [2.24, 2.45) is 0 Å². The first-order valence-corrected chi connectivity index (χ1v) is 10.1. The van der Waals surface area contributed by atoms with Gasteiger partial charge in [-0.1, -0.05) is 47.3 Å². The molecule has 0 radical (unpaired) electrons. The molecule has 0 aliphatic heterocycles. The molecule has 0 atom stereocenters. The summed E-state index contributed by atoms with van der Waals surface area (Å²) < 4.78 is 7.45. The van der Waals surface area contributed by atoms with Crippen molar-refractivity contribution in [3.8, 4) is 11.4 Å². The van der Waals surface area contributed by atoms with Crippen molar-refractivity contribution < 1.29 is 4.52 Å². The summed E-state index contributed by atoms with van der Waals surface area (Å²) in [6.45, 7) is 2.89. The van der Waals surface area contributed by atoms with Gasteiger partial charge >= 0.3 is 0 Å². The highest BCUT2D eigenvalue weighted by atomic mass is 32.2. The normalized spacial score (nSPS) is 11.1. The number of hydrogen-bond acceptors (Lipinski definition) is 7. The second-order valence-corrected chi connectivity index (χ2v) is 7.73. The number of nitrogens with zero attached hydrogens (tertiary/aromatic N) is 5. The summed E-state index contributed by atoms with van der Waals surface area (Å²) >= 11 is 3.32. The second kappa shape index (κ2) is 7.84. The van der Waals surface area contributed by atoms with E-state index < -0.39 is 0 Å². The molecule has 0 amide bonds. The van der Waals surface area contributed by atoms with Gasteiger partial charge in [0.15, 0.2) is 5.16 Å². The van der Waals surface area contributed by atoms with Gasteiger partial charge in [0.1, 0.15) is 6.33 Å². The number of aryl methyl sites for hydroxylation is 3. The van der Waals surface area contributed by atoms with Crippen LogP contribution in [0.5, 0.6) is 0 Å². The molecule has 0 unspecified atom stereocenters. The van der Waals surface area contributed by atoms with Crippen LogP contribution in [0.15, 0.2) is 57.8 Å². The Bertz CT molecular complexity index is 977. The van der Waals surface area contributed by atoms with Gasteiger partial charge < -0.3 is 9.09 Å². The first-order valence-electron chi connectivity index (χ1n) is 8.21. The second-order valence-electron chi connectivity index (χ2n) is 5.75. The van der Waals surface area contributed by atoms with Crippen LogP contribution in [-0.4, -0.2) is 24.9 Å². The number of thiophene rings is 1. The first-order chi connectivity index (χ1) is 12.8. The van der Waals surface area contributed by atoms with E-state index in [2.05, 4.69) is 42.4 Å². The van der Waals surface area contributed by atoms with Crippen LogP contribution in [0.2, 0.25) is 0 Å². The zero-order chi connectivity index (χ0) is 17.8. The van der Waals surface area contributed by atoms with Crippen LogP contribution < -0.4 is 0 Å². The van der Waals surface area contributed by atoms with Crippen LogP contribution in [0.3, 0.4) is 0 Å². The molecule has 0 aliphatic carbocycles. The van der Waals surface area contributed by atoms with Gasteiger partial charge in [0.2, 0.25) is 11.7 Å². The predicted octanol–water partition coefficient (Wildman–Crippen LogP) is 4.23. The summed E-state index contributed by atoms with van der Waals surface area (Å²) in [4.78, 5) is 5.86. The van der Waals surface area contributed by atoms with Crippen LogP contribution in [0.4, 0.5) is 0 Å². The third-order valence-electron chi connectivity index (χ3n) is 3.94. The molecule has 4 rings (SSSR count). The maximum atomic E-state index is 5.39. The van der Waals surface area contributed by atoms with E-state index in [1.165, 1.54) is 4.88 Å². The number of benzene rings is 1. The molecule has 0 bridgehead atoms. The van der Waals surface area contributed by atoms with Gasteiger partial charge in [-0.15, -0.1) is 21.5 Å². The minimum Gasteiger partial charge on any atom is -0.338 e. The molecule has 0 saturated carbocycles. The topological polar surface area (TPSA) is 69.6 Å². The minimum atomic E-state index is 0.566. The monoisotopic (exact) mass is 383 g/mol. The fourth-order valence-corrected chi connectivity index (χ4v) is 4.05. The van der Waals surface area contributed by atoms with Gasteiger partial charge in [-0.2, -0.15) is 4.98 Å². The SMILES string of the molecule is Cc1ccccc1-c1noc(CSc2nncn2CCc2cccs2)n1. The molecule has 132 valence electrons. The molecule has 4 aromatic rings. The van der Waals surface area contributed by atoms with Crippen molar-refractivity contribution in [1.82, 2.24) is 24.9 Å². The molecule has 26 heavy (non-hydrogen) atoms. The van der Waals surface area contributed by atoms with Crippen molar-refractivity contribution in [2.45, 2.75) is 30.8 Å². The molecular weight excluding hydrogens is 366 g/mol. The summed E-state index contributed by atoms with van der Waals surface area (Å²) in [5.74, 6) is 1.77. The Morgan fingerprint density at radius 3 is 2.96 bits per heavy atom. The molecule has 0 N–H and O–H groups in total. The van der Waals surface area contributed by atoms with Gasteiger partial charge in [0.25, 0.3) is 0 Å². The lowest BCUT2D eigenvalue weighted by atomic mass is 10.1. The Labute approximate surface area is 159 Å². The smallest absolute Gasteiger partial charge is 0.237 e. The van der Waals surface area contributed by atoms with E-state index in [-0.39, 0.29) is 0 Å². The minimum absolute atomic E-state index is 0.566. The van der Waals surface area contributed by atoms with Crippen LogP contribution in [-0.2, 0) is 18.7 Å². The van der Waals surface area contributed by atoms with Crippen LogP contribution in [0.1, 0.15) is 16.3 Å². The highest BCUT2D eigenvalue weighted by molar-refractivity contribution is 7.98. The Kier molecular flexibility index (Phi) is 5.12. The summed E-state index contributed by atoms with van der Waals surface area (Å²) in [6.07, 6.45) is 2.74. The standard InChI is InChI=1S/C18H17N5OS2/c1-13-5-2-3-7-15(13)17-20-16(24-22-17)11-26-18-21-19-12-23(18)9-8-14-6-4-10-25-14/h2-7,10,12H,8-9,11H2,1H3. The molecule has 6 nitrogen and oxygen atoms in total. The predicted molar refractivity (Wildman–Crippen MR) is 102 cm³/mol. The van der Waals surface area contributed by atoms with Crippen LogP contribution in [0.25, 0.3) is 11.4 Å². The van der Waals surface area contributed by atoms with Crippen molar-refractivity contribution in [3.63, 3.8) is 0 Å². The molecule has 8 heteroatoms.